The number of benzene rings is 2. The molecule has 2 aromatic rings. The van der Waals surface area contributed by atoms with E-state index < -0.39 is 11.0 Å². The fraction of sp³-hybridized carbons (Fsp3) is 0.111. The number of nitrogens with one attached hydrogen (secondary N) is 3. The van der Waals surface area contributed by atoms with Gasteiger partial charge in [0.15, 0.2) is 5.11 Å². The second kappa shape index (κ2) is 7.42. The van der Waals surface area contributed by atoms with Crippen LogP contribution in [0, 0.1) is 10.1 Å². The average molecular weight is 384 g/mol. The van der Waals surface area contributed by atoms with E-state index in [1.807, 2.05) is 0 Å². The van der Waals surface area contributed by atoms with Crippen molar-refractivity contribution < 1.29 is 14.8 Å². The number of non-ortho nitro benzene ring substituents is 1. The number of rotatable bonds is 4. The van der Waals surface area contributed by atoms with Crippen LogP contribution in [0.2, 0.25) is 0 Å². The molecule has 0 spiro atoms. The van der Waals surface area contributed by atoms with Crippen molar-refractivity contribution in [3.05, 3.63) is 75.5 Å². The number of thiocarbonyl (C=S) groups is 1. The van der Waals surface area contributed by atoms with E-state index in [4.69, 9.17) is 12.2 Å². The van der Waals surface area contributed by atoms with E-state index in [1.54, 1.807) is 19.1 Å². The molecular weight excluding hydrogens is 368 g/mol. The number of nitro benzene ring substituents is 1. The normalized spacial score (nSPS) is 16.3. The van der Waals surface area contributed by atoms with Crippen molar-refractivity contribution in [3.63, 3.8) is 0 Å². The summed E-state index contributed by atoms with van der Waals surface area (Å²) < 4.78 is 0. The van der Waals surface area contributed by atoms with Gasteiger partial charge in [-0.05, 0) is 49.0 Å². The van der Waals surface area contributed by atoms with Gasteiger partial charge in [0, 0.05) is 23.5 Å². The summed E-state index contributed by atoms with van der Waals surface area (Å²) >= 11 is 5.19. The van der Waals surface area contributed by atoms with Crippen LogP contribution in [0.1, 0.15) is 18.5 Å². The Kier molecular flexibility index (Phi) is 5.04. The van der Waals surface area contributed by atoms with Crippen LogP contribution in [0.25, 0.3) is 0 Å². The minimum Gasteiger partial charge on any atom is -0.508 e. The summed E-state index contributed by atoms with van der Waals surface area (Å²) in [5.41, 5.74) is 2.15. The summed E-state index contributed by atoms with van der Waals surface area (Å²) in [6.07, 6.45) is 0. The van der Waals surface area contributed by atoms with Crippen LogP contribution in [0.3, 0.4) is 0 Å². The van der Waals surface area contributed by atoms with E-state index in [0.29, 0.717) is 22.1 Å². The molecule has 0 radical (unpaired) electrons. The van der Waals surface area contributed by atoms with Crippen LogP contribution in [-0.2, 0) is 4.79 Å². The molecule has 1 atom stereocenters. The molecule has 0 saturated carbocycles. The number of amides is 1. The van der Waals surface area contributed by atoms with Crippen LogP contribution >= 0.6 is 12.2 Å². The van der Waals surface area contributed by atoms with Crippen molar-refractivity contribution in [2.45, 2.75) is 13.0 Å². The summed E-state index contributed by atoms with van der Waals surface area (Å²) in [6, 6.07) is 11.5. The average Bonchev–Trinajstić information content (AvgIpc) is 2.62. The molecule has 27 heavy (non-hydrogen) atoms. The molecular formula is C18H16N4O4S. The van der Waals surface area contributed by atoms with Crippen molar-refractivity contribution in [1.29, 1.82) is 0 Å². The van der Waals surface area contributed by atoms with Crippen LogP contribution in [0.15, 0.2) is 59.8 Å². The van der Waals surface area contributed by atoms with Gasteiger partial charge >= 0.3 is 0 Å². The summed E-state index contributed by atoms with van der Waals surface area (Å²) in [5.74, 6) is -0.255. The number of nitrogens with zero attached hydrogens (tertiary/aromatic N) is 1. The SMILES string of the molecule is CC1=C(C(=O)Nc2ccc([N+](=O)[O-])cc2)C(c2ccc(O)cc2)NC(=S)N1. The number of hydrogen-bond donors (Lipinski definition) is 4. The smallest absolute Gasteiger partial charge is 0.269 e. The molecule has 1 aliphatic heterocycles. The first kappa shape index (κ1) is 18.3. The molecule has 0 bridgehead atoms. The molecule has 1 unspecified atom stereocenters. The number of carbonyl (C=O) groups excluding carboxylic acids is 1. The highest BCUT2D eigenvalue weighted by Gasteiger charge is 2.30. The van der Waals surface area contributed by atoms with Gasteiger partial charge in [-0.3, -0.25) is 14.9 Å². The first-order valence-electron chi connectivity index (χ1n) is 7.98. The molecule has 0 saturated heterocycles. The number of aromatic hydroxyl groups is 1. The standard InChI is InChI=1S/C18H16N4O4S/c1-10-15(17(24)20-12-4-6-13(7-5-12)22(25)26)16(21-18(27)19-10)11-2-8-14(23)9-3-11/h2-9,16,23H,1H3,(H,20,24)(H2,19,21,27). The number of carbonyl (C=O) groups is 1. The van der Waals surface area contributed by atoms with Crippen LogP contribution < -0.4 is 16.0 Å². The summed E-state index contributed by atoms with van der Waals surface area (Å²) in [6.45, 7) is 1.74. The largest absolute Gasteiger partial charge is 0.508 e. The number of anilines is 1. The van der Waals surface area contributed by atoms with Gasteiger partial charge in [0.1, 0.15) is 5.75 Å². The predicted octanol–water partition coefficient (Wildman–Crippen LogP) is 2.73. The fourth-order valence-electron chi connectivity index (χ4n) is 2.78. The summed E-state index contributed by atoms with van der Waals surface area (Å²) in [5, 5.41) is 29.4. The van der Waals surface area contributed by atoms with Gasteiger partial charge < -0.3 is 21.1 Å². The Bertz CT molecular complexity index is 939. The maximum Gasteiger partial charge on any atom is 0.269 e. The Morgan fingerprint density at radius 1 is 1.19 bits per heavy atom. The predicted molar refractivity (Wildman–Crippen MR) is 104 cm³/mol. The second-order valence-corrected chi connectivity index (χ2v) is 6.33. The fourth-order valence-corrected chi connectivity index (χ4v) is 3.05. The van der Waals surface area contributed by atoms with Crippen molar-refractivity contribution in [3.8, 4) is 5.75 Å². The van der Waals surface area contributed by atoms with Gasteiger partial charge in [0.25, 0.3) is 11.6 Å². The van der Waals surface area contributed by atoms with E-state index in [0.717, 1.165) is 5.56 Å². The van der Waals surface area contributed by atoms with Gasteiger partial charge in [-0.25, -0.2) is 0 Å². The molecule has 0 fully saturated rings. The monoisotopic (exact) mass is 384 g/mol. The Labute approximate surface area is 160 Å². The molecule has 138 valence electrons. The minimum atomic E-state index is -0.505. The maximum atomic E-state index is 12.9. The lowest BCUT2D eigenvalue weighted by atomic mass is 9.95. The van der Waals surface area contributed by atoms with Gasteiger partial charge in [-0.1, -0.05) is 12.1 Å². The van der Waals surface area contributed by atoms with Gasteiger partial charge in [0.2, 0.25) is 0 Å². The summed E-state index contributed by atoms with van der Waals surface area (Å²) in [4.78, 5) is 23.1. The van der Waals surface area contributed by atoms with Crippen molar-refractivity contribution in [2.24, 2.45) is 0 Å². The molecule has 0 aromatic heterocycles. The molecule has 1 amide bonds. The molecule has 1 aliphatic rings. The zero-order valence-electron chi connectivity index (χ0n) is 14.2. The zero-order valence-corrected chi connectivity index (χ0v) is 15.0. The highest BCUT2D eigenvalue weighted by molar-refractivity contribution is 7.80. The lowest BCUT2D eigenvalue weighted by Crippen LogP contribution is -2.45. The van der Waals surface area contributed by atoms with Gasteiger partial charge in [0.05, 0.1) is 16.5 Å². The molecule has 3 rings (SSSR count). The minimum absolute atomic E-state index is 0.0586. The quantitative estimate of drug-likeness (QED) is 0.364. The van der Waals surface area contributed by atoms with Crippen molar-refractivity contribution in [2.75, 3.05) is 5.32 Å². The molecule has 8 nitrogen and oxygen atoms in total. The van der Waals surface area contributed by atoms with E-state index >= 15 is 0 Å². The number of nitro groups is 1. The number of phenolic OH excluding ortho intramolecular Hbond substituents is 1. The molecule has 0 aliphatic carbocycles. The Hall–Kier alpha value is -3.46. The Balaban J connectivity index is 1.89. The third-order valence-electron chi connectivity index (χ3n) is 4.08. The van der Waals surface area contributed by atoms with Crippen LogP contribution in [0.4, 0.5) is 11.4 Å². The Morgan fingerprint density at radius 2 is 1.81 bits per heavy atom. The van der Waals surface area contributed by atoms with Crippen molar-refractivity contribution in [1.82, 2.24) is 10.6 Å². The maximum absolute atomic E-state index is 12.9. The van der Waals surface area contributed by atoms with E-state index in [9.17, 15) is 20.0 Å². The topological polar surface area (TPSA) is 117 Å². The lowest BCUT2D eigenvalue weighted by Gasteiger charge is -2.30. The zero-order chi connectivity index (χ0) is 19.6. The number of phenols is 1. The van der Waals surface area contributed by atoms with E-state index in [2.05, 4.69) is 16.0 Å². The highest BCUT2D eigenvalue weighted by Crippen LogP contribution is 2.29. The van der Waals surface area contributed by atoms with Crippen LogP contribution in [-0.4, -0.2) is 21.0 Å². The van der Waals surface area contributed by atoms with E-state index in [-0.39, 0.29) is 17.3 Å². The molecule has 4 N–H and O–H groups in total. The second-order valence-electron chi connectivity index (χ2n) is 5.92. The lowest BCUT2D eigenvalue weighted by molar-refractivity contribution is -0.384. The molecule has 1 heterocycles. The van der Waals surface area contributed by atoms with Gasteiger partial charge in [-0.2, -0.15) is 0 Å². The molecule has 9 heteroatoms. The van der Waals surface area contributed by atoms with Crippen LogP contribution in [0.5, 0.6) is 5.75 Å². The third kappa shape index (κ3) is 4.04. The summed E-state index contributed by atoms with van der Waals surface area (Å²) in [7, 11) is 0. The number of allylic oxidation sites excluding steroid dienone is 1. The molecule has 2 aromatic carbocycles. The first-order valence-corrected chi connectivity index (χ1v) is 8.39. The number of hydrogen-bond acceptors (Lipinski definition) is 5. The van der Waals surface area contributed by atoms with Crippen molar-refractivity contribution >= 4 is 34.6 Å². The Morgan fingerprint density at radius 3 is 2.41 bits per heavy atom. The van der Waals surface area contributed by atoms with E-state index in [1.165, 1.54) is 36.4 Å². The first-order chi connectivity index (χ1) is 12.8. The highest BCUT2D eigenvalue weighted by atomic mass is 32.1. The van der Waals surface area contributed by atoms with Gasteiger partial charge in [-0.15, -0.1) is 0 Å². The third-order valence-corrected chi connectivity index (χ3v) is 4.30.